The second-order valence-corrected chi connectivity index (χ2v) is 4.95. The second kappa shape index (κ2) is 2.95. The van der Waals surface area contributed by atoms with Crippen LogP contribution in [0.15, 0.2) is 0 Å². The maximum absolute atomic E-state index is 3.43. The van der Waals surface area contributed by atoms with Crippen LogP contribution in [0.1, 0.15) is 6.42 Å². The first-order valence-corrected chi connectivity index (χ1v) is 5.19. The standard InChI is InChI=1S/C7H13IN2/c8-6-3-7-4-9-1-2-10(7)5-6/h6-7,9H,1-5H2/t6-,7?/m0/s1. The van der Waals surface area contributed by atoms with E-state index in [-0.39, 0.29) is 0 Å². The van der Waals surface area contributed by atoms with E-state index in [0.29, 0.717) is 0 Å². The van der Waals surface area contributed by atoms with Crippen LogP contribution >= 0.6 is 22.6 Å². The van der Waals surface area contributed by atoms with Crippen molar-refractivity contribution in [2.45, 2.75) is 16.4 Å². The van der Waals surface area contributed by atoms with Crippen molar-refractivity contribution in [3.05, 3.63) is 0 Å². The van der Waals surface area contributed by atoms with E-state index < -0.39 is 0 Å². The highest BCUT2D eigenvalue weighted by Crippen LogP contribution is 2.24. The van der Waals surface area contributed by atoms with Gasteiger partial charge in [-0.05, 0) is 6.42 Å². The number of piperazine rings is 1. The Bertz CT molecular complexity index is 115. The maximum Gasteiger partial charge on any atom is 0.0252 e. The lowest BCUT2D eigenvalue weighted by atomic mass is 10.2. The molecule has 0 bridgehead atoms. The van der Waals surface area contributed by atoms with Gasteiger partial charge >= 0.3 is 0 Å². The predicted molar refractivity (Wildman–Crippen MR) is 50.7 cm³/mol. The van der Waals surface area contributed by atoms with E-state index in [9.17, 15) is 0 Å². The molecule has 3 heteroatoms. The van der Waals surface area contributed by atoms with Crippen molar-refractivity contribution in [2.24, 2.45) is 0 Å². The van der Waals surface area contributed by atoms with Crippen LogP contribution in [0.4, 0.5) is 0 Å². The second-order valence-electron chi connectivity index (χ2n) is 3.19. The fourth-order valence-corrected chi connectivity index (χ4v) is 2.99. The molecule has 58 valence electrons. The van der Waals surface area contributed by atoms with Crippen molar-refractivity contribution in [3.8, 4) is 0 Å². The van der Waals surface area contributed by atoms with Crippen molar-refractivity contribution in [3.63, 3.8) is 0 Å². The van der Waals surface area contributed by atoms with E-state index in [4.69, 9.17) is 0 Å². The molecule has 2 nitrogen and oxygen atoms in total. The minimum atomic E-state index is 0.857. The molecule has 1 unspecified atom stereocenters. The number of hydrogen-bond donors (Lipinski definition) is 1. The van der Waals surface area contributed by atoms with Crippen LogP contribution in [0.2, 0.25) is 0 Å². The molecule has 2 saturated heterocycles. The van der Waals surface area contributed by atoms with Crippen molar-refractivity contribution in [1.82, 2.24) is 10.2 Å². The summed E-state index contributed by atoms with van der Waals surface area (Å²) in [7, 11) is 0. The van der Waals surface area contributed by atoms with Crippen LogP contribution in [0.5, 0.6) is 0 Å². The Morgan fingerprint density at radius 1 is 1.50 bits per heavy atom. The average Bonchev–Trinajstić information content (AvgIpc) is 2.27. The fraction of sp³-hybridized carbons (Fsp3) is 1.00. The number of nitrogens with one attached hydrogen (secondary N) is 1. The third-order valence-electron chi connectivity index (χ3n) is 2.43. The lowest BCUT2D eigenvalue weighted by Gasteiger charge is -2.29. The number of nitrogens with zero attached hydrogens (tertiary/aromatic N) is 1. The third kappa shape index (κ3) is 1.31. The monoisotopic (exact) mass is 252 g/mol. The van der Waals surface area contributed by atoms with Crippen LogP contribution < -0.4 is 5.32 Å². The molecule has 0 radical (unpaired) electrons. The molecule has 2 atom stereocenters. The van der Waals surface area contributed by atoms with Gasteiger partial charge in [0.25, 0.3) is 0 Å². The van der Waals surface area contributed by atoms with E-state index in [0.717, 1.165) is 9.97 Å². The van der Waals surface area contributed by atoms with Crippen LogP contribution in [-0.2, 0) is 0 Å². The molecule has 2 aliphatic heterocycles. The zero-order valence-electron chi connectivity index (χ0n) is 6.02. The van der Waals surface area contributed by atoms with Gasteiger partial charge in [-0.1, -0.05) is 22.6 Å². The molecule has 10 heavy (non-hydrogen) atoms. The Balaban J connectivity index is 1.97. The van der Waals surface area contributed by atoms with Gasteiger partial charge in [-0.2, -0.15) is 0 Å². The fourth-order valence-electron chi connectivity index (χ4n) is 1.90. The van der Waals surface area contributed by atoms with Gasteiger partial charge in [0, 0.05) is 36.1 Å². The molecule has 2 aliphatic rings. The van der Waals surface area contributed by atoms with Crippen LogP contribution in [-0.4, -0.2) is 41.0 Å². The zero-order chi connectivity index (χ0) is 6.97. The summed E-state index contributed by atoms with van der Waals surface area (Å²) in [6, 6.07) is 0.857. The van der Waals surface area contributed by atoms with E-state index in [2.05, 4.69) is 32.8 Å². The van der Waals surface area contributed by atoms with Gasteiger partial charge < -0.3 is 5.32 Å². The molecule has 0 spiro atoms. The van der Waals surface area contributed by atoms with E-state index in [1.165, 1.54) is 32.6 Å². The molecule has 0 amide bonds. The van der Waals surface area contributed by atoms with E-state index in [1.54, 1.807) is 0 Å². The lowest BCUT2D eigenvalue weighted by molar-refractivity contribution is 0.212. The van der Waals surface area contributed by atoms with Crippen LogP contribution in [0, 0.1) is 0 Å². The number of fused-ring (bicyclic) bond motifs is 1. The first kappa shape index (κ1) is 7.31. The Morgan fingerprint density at radius 2 is 2.40 bits per heavy atom. The van der Waals surface area contributed by atoms with Crippen molar-refractivity contribution < 1.29 is 0 Å². The first-order chi connectivity index (χ1) is 4.86. The Morgan fingerprint density at radius 3 is 3.20 bits per heavy atom. The molecule has 0 aromatic heterocycles. The van der Waals surface area contributed by atoms with Gasteiger partial charge in [0.2, 0.25) is 0 Å². The largest absolute Gasteiger partial charge is 0.314 e. The molecule has 0 saturated carbocycles. The summed E-state index contributed by atoms with van der Waals surface area (Å²) in [6.07, 6.45) is 1.40. The highest BCUT2D eigenvalue weighted by molar-refractivity contribution is 14.1. The number of hydrogen-bond acceptors (Lipinski definition) is 2. The van der Waals surface area contributed by atoms with Gasteiger partial charge in [0.1, 0.15) is 0 Å². The Kier molecular flexibility index (Phi) is 2.15. The van der Waals surface area contributed by atoms with Crippen molar-refractivity contribution >= 4 is 22.6 Å². The van der Waals surface area contributed by atoms with Gasteiger partial charge in [0.15, 0.2) is 0 Å². The third-order valence-corrected chi connectivity index (χ3v) is 3.34. The summed E-state index contributed by atoms with van der Waals surface area (Å²) >= 11 is 2.57. The van der Waals surface area contributed by atoms with Crippen molar-refractivity contribution in [2.75, 3.05) is 26.2 Å². The lowest BCUT2D eigenvalue weighted by Crippen LogP contribution is -2.47. The summed E-state index contributed by atoms with van der Waals surface area (Å²) in [5.41, 5.74) is 0. The SMILES string of the molecule is I[C@H]1CC2CNCCN2C1. The summed E-state index contributed by atoms with van der Waals surface area (Å²) in [4.78, 5) is 2.62. The summed E-state index contributed by atoms with van der Waals surface area (Å²) in [5, 5.41) is 3.43. The summed E-state index contributed by atoms with van der Waals surface area (Å²) in [6.45, 7) is 5.01. The average molecular weight is 252 g/mol. The number of halogens is 1. The predicted octanol–water partition coefficient (Wildman–Crippen LogP) is 0.468. The van der Waals surface area contributed by atoms with Gasteiger partial charge in [-0.3, -0.25) is 4.90 Å². The molecule has 2 heterocycles. The zero-order valence-corrected chi connectivity index (χ0v) is 8.17. The maximum atomic E-state index is 3.43. The molecule has 0 aromatic carbocycles. The molecule has 2 rings (SSSR count). The van der Waals surface area contributed by atoms with E-state index in [1.807, 2.05) is 0 Å². The molecular weight excluding hydrogens is 239 g/mol. The molecule has 0 aliphatic carbocycles. The number of rotatable bonds is 0. The summed E-state index contributed by atoms with van der Waals surface area (Å²) < 4.78 is 0.905. The first-order valence-electron chi connectivity index (χ1n) is 3.95. The summed E-state index contributed by atoms with van der Waals surface area (Å²) in [5.74, 6) is 0. The normalized spacial score (nSPS) is 41.7. The molecule has 2 fully saturated rings. The quantitative estimate of drug-likeness (QED) is 0.498. The smallest absolute Gasteiger partial charge is 0.0252 e. The Labute approximate surface area is 75.5 Å². The Hall–Kier alpha value is 0.650. The minimum absolute atomic E-state index is 0.857. The minimum Gasteiger partial charge on any atom is -0.314 e. The number of alkyl halides is 1. The molecule has 1 N–H and O–H groups in total. The van der Waals surface area contributed by atoms with Gasteiger partial charge in [-0.15, -0.1) is 0 Å². The molecule has 0 aromatic rings. The molecular formula is C7H13IN2. The van der Waals surface area contributed by atoms with Crippen molar-refractivity contribution in [1.29, 1.82) is 0 Å². The van der Waals surface area contributed by atoms with Crippen LogP contribution in [0.25, 0.3) is 0 Å². The highest BCUT2D eigenvalue weighted by atomic mass is 127. The van der Waals surface area contributed by atoms with Gasteiger partial charge in [0.05, 0.1) is 0 Å². The highest BCUT2D eigenvalue weighted by Gasteiger charge is 2.31. The topological polar surface area (TPSA) is 15.3 Å². The van der Waals surface area contributed by atoms with Crippen LogP contribution in [0.3, 0.4) is 0 Å². The van der Waals surface area contributed by atoms with Gasteiger partial charge in [-0.25, -0.2) is 0 Å². The van der Waals surface area contributed by atoms with E-state index >= 15 is 0 Å².